The summed E-state index contributed by atoms with van der Waals surface area (Å²) in [7, 11) is 0. The SMILES string of the molecule is CCc1ccc(-c2nc(CC(=O)NCC(=O)Nc3ccc(F)c(F)c3F)cs2)cc1. The van der Waals surface area contributed by atoms with E-state index in [0.29, 0.717) is 11.8 Å². The molecule has 30 heavy (non-hydrogen) atoms. The summed E-state index contributed by atoms with van der Waals surface area (Å²) in [6.07, 6.45) is 0.913. The van der Waals surface area contributed by atoms with Gasteiger partial charge in [-0.15, -0.1) is 11.3 Å². The molecule has 9 heteroatoms. The zero-order valence-corrected chi connectivity index (χ0v) is 16.8. The van der Waals surface area contributed by atoms with Gasteiger partial charge in [0.2, 0.25) is 11.8 Å². The highest BCUT2D eigenvalue weighted by Crippen LogP contribution is 2.24. The molecule has 2 aromatic carbocycles. The number of aromatic nitrogens is 1. The zero-order chi connectivity index (χ0) is 21.7. The van der Waals surface area contributed by atoms with Crippen LogP contribution in [0.3, 0.4) is 0 Å². The molecule has 156 valence electrons. The highest BCUT2D eigenvalue weighted by molar-refractivity contribution is 7.13. The van der Waals surface area contributed by atoms with Gasteiger partial charge in [0.05, 0.1) is 24.3 Å². The summed E-state index contributed by atoms with van der Waals surface area (Å²) in [6.45, 7) is 1.62. The highest BCUT2D eigenvalue weighted by atomic mass is 32.1. The highest BCUT2D eigenvalue weighted by Gasteiger charge is 2.16. The Morgan fingerprint density at radius 3 is 2.43 bits per heavy atom. The second kappa shape index (κ2) is 9.53. The van der Waals surface area contributed by atoms with Crippen molar-refractivity contribution in [1.82, 2.24) is 10.3 Å². The van der Waals surface area contributed by atoms with E-state index >= 15 is 0 Å². The summed E-state index contributed by atoms with van der Waals surface area (Å²) in [5, 5.41) is 7.02. The number of hydrogen-bond donors (Lipinski definition) is 2. The first-order chi connectivity index (χ1) is 14.4. The molecule has 0 unspecified atom stereocenters. The molecule has 1 heterocycles. The van der Waals surface area contributed by atoms with Crippen molar-refractivity contribution in [3.05, 3.63) is 70.5 Å². The van der Waals surface area contributed by atoms with Gasteiger partial charge in [-0.3, -0.25) is 9.59 Å². The number of carbonyl (C=O) groups is 2. The lowest BCUT2D eigenvalue weighted by Crippen LogP contribution is -2.34. The van der Waals surface area contributed by atoms with Crippen LogP contribution < -0.4 is 10.6 Å². The van der Waals surface area contributed by atoms with Gasteiger partial charge in [0.15, 0.2) is 17.5 Å². The Balaban J connectivity index is 1.52. The predicted molar refractivity (Wildman–Crippen MR) is 109 cm³/mol. The molecule has 5 nitrogen and oxygen atoms in total. The van der Waals surface area contributed by atoms with Crippen LogP contribution in [0.5, 0.6) is 0 Å². The average Bonchev–Trinajstić information content (AvgIpc) is 3.21. The number of thiazole rings is 1. The van der Waals surface area contributed by atoms with Gasteiger partial charge in [-0.1, -0.05) is 31.2 Å². The van der Waals surface area contributed by atoms with Crippen molar-refractivity contribution < 1.29 is 22.8 Å². The average molecular weight is 433 g/mol. The molecule has 0 radical (unpaired) electrons. The number of anilines is 1. The summed E-state index contributed by atoms with van der Waals surface area (Å²) in [5.41, 5.74) is 2.22. The minimum Gasteiger partial charge on any atom is -0.347 e. The van der Waals surface area contributed by atoms with Crippen LogP contribution in [0, 0.1) is 17.5 Å². The quantitative estimate of drug-likeness (QED) is 0.552. The van der Waals surface area contributed by atoms with Crippen LogP contribution in [0.15, 0.2) is 41.8 Å². The Labute approximate surface area is 175 Å². The molecule has 3 aromatic rings. The van der Waals surface area contributed by atoms with Gasteiger partial charge in [-0.2, -0.15) is 0 Å². The smallest absolute Gasteiger partial charge is 0.243 e. The van der Waals surface area contributed by atoms with Crippen molar-refractivity contribution >= 4 is 28.8 Å². The molecule has 1 aromatic heterocycles. The molecule has 2 N–H and O–H groups in total. The molecule has 0 atom stereocenters. The number of carbonyl (C=O) groups excluding carboxylic acids is 2. The van der Waals surface area contributed by atoms with E-state index in [9.17, 15) is 22.8 Å². The van der Waals surface area contributed by atoms with Crippen LogP contribution in [0.25, 0.3) is 10.6 Å². The van der Waals surface area contributed by atoms with Crippen molar-refractivity contribution in [2.45, 2.75) is 19.8 Å². The first-order valence-corrected chi connectivity index (χ1v) is 9.99. The van der Waals surface area contributed by atoms with Gasteiger partial charge >= 0.3 is 0 Å². The minimum atomic E-state index is -1.68. The van der Waals surface area contributed by atoms with Gasteiger partial charge in [0.1, 0.15) is 5.01 Å². The lowest BCUT2D eigenvalue weighted by molar-refractivity contribution is -0.123. The topological polar surface area (TPSA) is 71.1 Å². The number of nitrogens with one attached hydrogen (secondary N) is 2. The Morgan fingerprint density at radius 1 is 1.00 bits per heavy atom. The standard InChI is InChI=1S/C21H18F3N3O2S/c1-2-12-3-5-13(6-4-12)21-26-14(11-30-21)9-17(28)25-10-18(29)27-16-8-7-15(22)19(23)20(16)24/h3-8,11H,2,9-10H2,1H3,(H,25,28)(H,27,29). The normalized spacial score (nSPS) is 10.7. The Kier molecular flexibility index (Phi) is 6.83. The molecule has 0 aliphatic heterocycles. The van der Waals surface area contributed by atoms with Gasteiger partial charge in [-0.05, 0) is 24.1 Å². The van der Waals surface area contributed by atoms with Crippen LogP contribution >= 0.6 is 11.3 Å². The lowest BCUT2D eigenvalue weighted by atomic mass is 10.1. The largest absolute Gasteiger partial charge is 0.347 e. The molecule has 2 amide bonds. The Morgan fingerprint density at radius 2 is 1.73 bits per heavy atom. The van der Waals surface area contributed by atoms with Crippen LogP contribution in [-0.4, -0.2) is 23.3 Å². The molecule has 0 aliphatic carbocycles. The molecular formula is C21H18F3N3O2S. The summed E-state index contributed by atoms with van der Waals surface area (Å²) < 4.78 is 39.7. The van der Waals surface area contributed by atoms with E-state index in [1.807, 2.05) is 24.3 Å². The van der Waals surface area contributed by atoms with E-state index in [0.717, 1.165) is 23.1 Å². The molecule has 0 saturated heterocycles. The second-order valence-corrected chi connectivity index (χ2v) is 7.28. The van der Waals surface area contributed by atoms with Gasteiger partial charge in [0, 0.05) is 10.9 Å². The number of rotatable bonds is 7. The number of hydrogen-bond acceptors (Lipinski definition) is 4. The summed E-state index contributed by atoms with van der Waals surface area (Å²) in [4.78, 5) is 28.3. The fourth-order valence-corrected chi connectivity index (χ4v) is 3.45. The van der Waals surface area contributed by atoms with Gasteiger partial charge in [0.25, 0.3) is 0 Å². The maximum atomic E-state index is 13.6. The number of halogens is 3. The number of amides is 2. The van der Waals surface area contributed by atoms with E-state index in [4.69, 9.17) is 0 Å². The number of benzene rings is 2. The van der Waals surface area contributed by atoms with Crippen molar-refractivity contribution in [2.75, 3.05) is 11.9 Å². The molecular weight excluding hydrogens is 415 g/mol. The summed E-state index contributed by atoms with van der Waals surface area (Å²) in [6, 6.07) is 9.60. The molecule has 0 fully saturated rings. The first-order valence-electron chi connectivity index (χ1n) is 9.11. The third-order valence-corrected chi connectivity index (χ3v) is 5.20. The van der Waals surface area contributed by atoms with E-state index in [2.05, 4.69) is 22.5 Å². The van der Waals surface area contributed by atoms with Crippen LogP contribution in [-0.2, 0) is 22.4 Å². The third-order valence-electron chi connectivity index (χ3n) is 4.26. The maximum absolute atomic E-state index is 13.6. The van der Waals surface area contributed by atoms with Crippen molar-refractivity contribution in [3.63, 3.8) is 0 Å². The molecule has 0 spiro atoms. The number of nitrogens with zero attached hydrogens (tertiary/aromatic N) is 1. The van der Waals surface area contributed by atoms with Crippen LogP contribution in [0.1, 0.15) is 18.2 Å². The van der Waals surface area contributed by atoms with E-state index < -0.39 is 41.5 Å². The van der Waals surface area contributed by atoms with Crippen molar-refractivity contribution in [3.8, 4) is 10.6 Å². The van der Waals surface area contributed by atoms with E-state index in [1.165, 1.54) is 16.9 Å². The fourth-order valence-electron chi connectivity index (χ4n) is 2.63. The van der Waals surface area contributed by atoms with E-state index in [1.54, 1.807) is 5.38 Å². The van der Waals surface area contributed by atoms with Crippen molar-refractivity contribution in [2.24, 2.45) is 0 Å². The fraction of sp³-hybridized carbons (Fsp3) is 0.190. The maximum Gasteiger partial charge on any atom is 0.243 e. The minimum absolute atomic E-state index is 0.0314. The van der Waals surface area contributed by atoms with Crippen molar-refractivity contribution in [1.29, 1.82) is 0 Å². The second-order valence-electron chi connectivity index (χ2n) is 6.42. The first kappa shape index (κ1) is 21.5. The molecule has 0 saturated carbocycles. The van der Waals surface area contributed by atoms with Crippen LogP contribution in [0.2, 0.25) is 0 Å². The monoisotopic (exact) mass is 433 g/mol. The Bertz CT molecular complexity index is 1070. The number of aryl methyl sites for hydroxylation is 1. The predicted octanol–water partition coefficient (Wildman–Crippen LogP) is 4.09. The lowest BCUT2D eigenvalue weighted by Gasteiger charge is -2.08. The van der Waals surface area contributed by atoms with Gasteiger partial charge < -0.3 is 10.6 Å². The molecule has 0 bridgehead atoms. The summed E-state index contributed by atoms with van der Waals surface area (Å²) >= 11 is 1.41. The molecule has 0 aliphatic rings. The molecule has 3 rings (SSSR count). The zero-order valence-electron chi connectivity index (χ0n) is 16.0. The van der Waals surface area contributed by atoms with E-state index in [-0.39, 0.29) is 6.42 Å². The van der Waals surface area contributed by atoms with Gasteiger partial charge in [-0.25, -0.2) is 18.2 Å². The third kappa shape index (κ3) is 5.24. The summed E-state index contributed by atoms with van der Waals surface area (Å²) in [5.74, 6) is -5.77. The Hall–Kier alpha value is -3.20. The van der Waals surface area contributed by atoms with Crippen LogP contribution in [0.4, 0.5) is 18.9 Å².